The van der Waals surface area contributed by atoms with Gasteiger partial charge in [-0.25, -0.2) is 0 Å². The lowest BCUT2D eigenvalue weighted by Gasteiger charge is -2.40. The predicted molar refractivity (Wildman–Crippen MR) is 78.2 cm³/mol. The second kappa shape index (κ2) is 5.09. The fourth-order valence-electron chi connectivity index (χ4n) is 3.85. The molecule has 23 heavy (non-hydrogen) atoms. The van der Waals surface area contributed by atoms with E-state index in [4.69, 9.17) is 10.2 Å². The summed E-state index contributed by atoms with van der Waals surface area (Å²) in [7, 11) is 0. The van der Waals surface area contributed by atoms with Gasteiger partial charge in [0, 0.05) is 19.1 Å². The van der Waals surface area contributed by atoms with E-state index in [1.54, 1.807) is 21.9 Å². The summed E-state index contributed by atoms with van der Waals surface area (Å²) in [5.74, 6) is -0.358. The van der Waals surface area contributed by atoms with Crippen molar-refractivity contribution in [3.05, 3.63) is 24.2 Å². The zero-order valence-corrected chi connectivity index (χ0v) is 12.5. The summed E-state index contributed by atoms with van der Waals surface area (Å²) in [6.45, 7) is 0.871. The fraction of sp³-hybridized carbons (Fsp3) is 0.533. The number of furan rings is 1. The molecule has 0 aliphatic carbocycles. The lowest BCUT2D eigenvalue weighted by Crippen LogP contribution is -2.64. The second-order valence-electron chi connectivity index (χ2n) is 6.32. The first-order valence-electron chi connectivity index (χ1n) is 7.77. The number of hydrogen-bond acceptors (Lipinski definition) is 5. The van der Waals surface area contributed by atoms with Gasteiger partial charge in [0.1, 0.15) is 12.1 Å². The number of rotatable bonds is 2. The normalized spacial score (nSPS) is 32.9. The van der Waals surface area contributed by atoms with Crippen LogP contribution in [0.15, 0.2) is 22.8 Å². The SMILES string of the molecule is NC1CC2C(=O)N3CCC(NC(=O)c4ccco4)C3C(=O)N2C1. The van der Waals surface area contributed by atoms with Crippen molar-refractivity contribution in [3.8, 4) is 0 Å². The summed E-state index contributed by atoms with van der Waals surface area (Å²) in [4.78, 5) is 40.7. The van der Waals surface area contributed by atoms with Crippen molar-refractivity contribution in [2.75, 3.05) is 13.1 Å². The van der Waals surface area contributed by atoms with Gasteiger partial charge >= 0.3 is 0 Å². The van der Waals surface area contributed by atoms with Gasteiger partial charge in [0.05, 0.1) is 12.3 Å². The molecule has 0 radical (unpaired) electrons. The monoisotopic (exact) mass is 318 g/mol. The first-order valence-corrected chi connectivity index (χ1v) is 7.77. The minimum absolute atomic E-state index is 0.0581. The molecule has 3 aliphatic heterocycles. The van der Waals surface area contributed by atoms with Gasteiger partial charge in [0.15, 0.2) is 5.76 Å². The molecule has 4 rings (SSSR count). The lowest BCUT2D eigenvalue weighted by atomic mass is 10.0. The molecule has 0 saturated carbocycles. The van der Waals surface area contributed by atoms with Crippen LogP contribution in [0.3, 0.4) is 0 Å². The zero-order chi connectivity index (χ0) is 16.1. The van der Waals surface area contributed by atoms with Crippen LogP contribution in [0.4, 0.5) is 0 Å². The van der Waals surface area contributed by atoms with Gasteiger partial charge in [-0.3, -0.25) is 14.4 Å². The van der Waals surface area contributed by atoms with Crippen LogP contribution < -0.4 is 11.1 Å². The van der Waals surface area contributed by atoms with Crippen LogP contribution in [0, 0.1) is 0 Å². The van der Waals surface area contributed by atoms with Crippen molar-refractivity contribution in [1.29, 1.82) is 0 Å². The molecule has 3 N–H and O–H groups in total. The average molecular weight is 318 g/mol. The van der Waals surface area contributed by atoms with Crippen LogP contribution in [-0.4, -0.2) is 64.8 Å². The number of nitrogens with two attached hydrogens (primary N) is 1. The highest BCUT2D eigenvalue weighted by molar-refractivity contribution is 5.99. The Morgan fingerprint density at radius 2 is 2.13 bits per heavy atom. The third-order valence-electron chi connectivity index (χ3n) is 4.90. The minimum atomic E-state index is -0.636. The molecule has 1 aromatic heterocycles. The van der Waals surface area contributed by atoms with Crippen LogP contribution in [0.5, 0.6) is 0 Å². The highest BCUT2D eigenvalue weighted by atomic mass is 16.3. The van der Waals surface area contributed by atoms with Gasteiger partial charge < -0.3 is 25.3 Å². The maximum absolute atomic E-state index is 12.8. The Balaban J connectivity index is 1.55. The maximum Gasteiger partial charge on any atom is 0.287 e. The van der Waals surface area contributed by atoms with Crippen LogP contribution in [-0.2, 0) is 9.59 Å². The molecule has 4 heterocycles. The third kappa shape index (κ3) is 2.13. The highest BCUT2D eigenvalue weighted by Crippen LogP contribution is 2.32. The van der Waals surface area contributed by atoms with Crippen LogP contribution >= 0.6 is 0 Å². The molecule has 3 aliphatic rings. The number of fused-ring (bicyclic) bond motifs is 2. The van der Waals surface area contributed by atoms with E-state index in [1.807, 2.05) is 0 Å². The Morgan fingerprint density at radius 1 is 1.30 bits per heavy atom. The molecule has 0 spiro atoms. The Labute approximate surface area is 132 Å². The smallest absolute Gasteiger partial charge is 0.287 e. The average Bonchev–Trinajstić information content (AvgIpc) is 3.23. The summed E-state index contributed by atoms with van der Waals surface area (Å²) >= 11 is 0. The molecule has 3 fully saturated rings. The molecular weight excluding hydrogens is 300 g/mol. The van der Waals surface area contributed by atoms with E-state index in [2.05, 4.69) is 5.32 Å². The highest BCUT2D eigenvalue weighted by Gasteiger charge is 2.54. The third-order valence-corrected chi connectivity index (χ3v) is 4.90. The van der Waals surface area contributed by atoms with Gasteiger partial charge in [-0.2, -0.15) is 0 Å². The predicted octanol–water partition coefficient (Wildman–Crippen LogP) is -1.08. The topological polar surface area (TPSA) is 109 Å². The number of nitrogens with one attached hydrogen (secondary N) is 1. The van der Waals surface area contributed by atoms with Crippen molar-refractivity contribution in [3.63, 3.8) is 0 Å². The molecule has 122 valence electrons. The van der Waals surface area contributed by atoms with Gasteiger partial charge in [-0.05, 0) is 25.0 Å². The largest absolute Gasteiger partial charge is 0.459 e. The lowest BCUT2D eigenvalue weighted by molar-refractivity contribution is -0.157. The molecular formula is C15H18N4O4. The summed E-state index contributed by atoms with van der Waals surface area (Å²) in [5, 5.41) is 2.82. The number of nitrogens with zero attached hydrogens (tertiary/aromatic N) is 2. The van der Waals surface area contributed by atoms with Gasteiger partial charge in [-0.15, -0.1) is 0 Å². The van der Waals surface area contributed by atoms with Crippen molar-refractivity contribution < 1.29 is 18.8 Å². The summed E-state index contributed by atoms with van der Waals surface area (Å²) in [6, 6.07) is 1.55. The molecule has 3 saturated heterocycles. The summed E-state index contributed by atoms with van der Waals surface area (Å²) < 4.78 is 5.07. The molecule has 1 aromatic rings. The van der Waals surface area contributed by atoms with Crippen LogP contribution in [0.2, 0.25) is 0 Å². The molecule has 3 amide bonds. The number of piperazine rings is 1. The Morgan fingerprint density at radius 3 is 2.87 bits per heavy atom. The van der Waals surface area contributed by atoms with Gasteiger partial charge in [-0.1, -0.05) is 0 Å². The Bertz CT molecular complexity index is 658. The quantitative estimate of drug-likeness (QED) is 0.721. The first kappa shape index (κ1) is 14.3. The summed E-state index contributed by atoms with van der Waals surface area (Å²) in [6.07, 6.45) is 2.49. The van der Waals surface area contributed by atoms with Crippen molar-refractivity contribution in [2.24, 2.45) is 5.73 Å². The molecule has 4 atom stereocenters. The fourth-order valence-corrected chi connectivity index (χ4v) is 3.85. The van der Waals surface area contributed by atoms with Gasteiger partial charge in [0.2, 0.25) is 11.8 Å². The number of hydrogen-bond donors (Lipinski definition) is 2. The van der Waals surface area contributed by atoms with E-state index in [0.717, 1.165) is 0 Å². The van der Waals surface area contributed by atoms with E-state index < -0.39 is 18.1 Å². The van der Waals surface area contributed by atoms with Crippen molar-refractivity contribution >= 4 is 17.7 Å². The number of carbonyl (C=O) groups excluding carboxylic acids is 3. The summed E-state index contributed by atoms with van der Waals surface area (Å²) in [5.41, 5.74) is 5.90. The zero-order valence-electron chi connectivity index (χ0n) is 12.5. The second-order valence-corrected chi connectivity index (χ2v) is 6.32. The van der Waals surface area contributed by atoms with Crippen LogP contribution in [0.1, 0.15) is 23.4 Å². The van der Waals surface area contributed by atoms with E-state index >= 15 is 0 Å². The Kier molecular flexibility index (Phi) is 3.15. The first-order chi connectivity index (χ1) is 11.1. The van der Waals surface area contributed by atoms with Crippen LogP contribution in [0.25, 0.3) is 0 Å². The standard InChI is InChI=1S/C15H18N4O4/c16-8-6-10-14(21)18-4-3-9(12(18)15(22)19(10)7-8)17-13(20)11-2-1-5-23-11/h1-2,5,8-10,12H,3-4,6-7,16H2,(H,17,20). The van der Waals surface area contributed by atoms with Crippen molar-refractivity contribution in [1.82, 2.24) is 15.1 Å². The molecule has 0 aromatic carbocycles. The van der Waals surface area contributed by atoms with Crippen molar-refractivity contribution in [2.45, 2.75) is 37.0 Å². The molecule has 8 heteroatoms. The van der Waals surface area contributed by atoms with E-state index in [1.165, 1.54) is 6.26 Å². The number of amides is 3. The van der Waals surface area contributed by atoms with Gasteiger partial charge in [0.25, 0.3) is 5.91 Å². The van der Waals surface area contributed by atoms with E-state index in [-0.39, 0.29) is 29.5 Å². The number of carbonyl (C=O) groups is 3. The molecule has 4 unspecified atom stereocenters. The van der Waals surface area contributed by atoms with E-state index in [0.29, 0.717) is 25.9 Å². The van der Waals surface area contributed by atoms with E-state index in [9.17, 15) is 14.4 Å². The molecule has 0 bridgehead atoms. The minimum Gasteiger partial charge on any atom is -0.459 e. The maximum atomic E-state index is 12.8. The molecule has 8 nitrogen and oxygen atoms in total. The Hall–Kier alpha value is -2.35.